The van der Waals surface area contributed by atoms with Crippen molar-refractivity contribution in [3.05, 3.63) is 35.9 Å². The molecule has 0 radical (unpaired) electrons. The fraction of sp³-hybridized carbons (Fsp3) is 0.562. The lowest BCUT2D eigenvalue weighted by molar-refractivity contribution is -0.108. The Bertz CT molecular complexity index is 292. The third kappa shape index (κ3) is 5.67. The summed E-state index contributed by atoms with van der Waals surface area (Å²) >= 11 is 0. The fourth-order valence-electron chi connectivity index (χ4n) is 2.29. The molecular weight excluding hydrogens is 208 g/mol. The third-order valence-corrected chi connectivity index (χ3v) is 3.31. The molecule has 94 valence electrons. The number of benzene rings is 1. The molecule has 0 aliphatic rings. The van der Waals surface area contributed by atoms with E-state index >= 15 is 0 Å². The van der Waals surface area contributed by atoms with Crippen LogP contribution in [0.2, 0.25) is 0 Å². The quantitative estimate of drug-likeness (QED) is 0.445. The summed E-state index contributed by atoms with van der Waals surface area (Å²) in [6.07, 6.45) is 9.17. The standard InChI is InChI=1S/C16H24O/c1-2-3-4-6-10-16(13-9-14-17)15-11-7-5-8-12-15/h5,7-8,11-12,14,16H,2-4,6,9-10,13H2,1H3. The first kappa shape index (κ1) is 14.0. The molecule has 17 heavy (non-hydrogen) atoms. The van der Waals surface area contributed by atoms with E-state index in [9.17, 15) is 4.79 Å². The fourth-order valence-corrected chi connectivity index (χ4v) is 2.29. The van der Waals surface area contributed by atoms with Gasteiger partial charge < -0.3 is 4.79 Å². The minimum atomic E-state index is 0.568. The molecule has 0 aliphatic carbocycles. The number of carbonyl (C=O) groups is 1. The third-order valence-electron chi connectivity index (χ3n) is 3.31. The van der Waals surface area contributed by atoms with Crippen LogP contribution in [0.4, 0.5) is 0 Å². The molecule has 1 rings (SSSR count). The Hall–Kier alpha value is -1.11. The molecule has 0 amide bonds. The van der Waals surface area contributed by atoms with Crippen LogP contribution < -0.4 is 0 Å². The Morgan fingerprint density at radius 1 is 1.06 bits per heavy atom. The van der Waals surface area contributed by atoms with Crippen molar-refractivity contribution in [2.24, 2.45) is 0 Å². The van der Waals surface area contributed by atoms with Crippen molar-refractivity contribution in [2.75, 3.05) is 0 Å². The van der Waals surface area contributed by atoms with Gasteiger partial charge in [0.15, 0.2) is 0 Å². The molecule has 1 aromatic rings. The first-order valence-corrected chi connectivity index (χ1v) is 6.87. The molecule has 0 N–H and O–H groups in total. The van der Waals surface area contributed by atoms with Crippen LogP contribution >= 0.6 is 0 Å². The molecule has 1 nitrogen and oxygen atoms in total. The van der Waals surface area contributed by atoms with Crippen molar-refractivity contribution in [3.8, 4) is 0 Å². The lowest BCUT2D eigenvalue weighted by Crippen LogP contribution is -1.99. The zero-order valence-corrected chi connectivity index (χ0v) is 10.9. The Kier molecular flexibility index (Phi) is 7.37. The van der Waals surface area contributed by atoms with Crippen molar-refractivity contribution >= 4 is 6.29 Å². The van der Waals surface area contributed by atoms with Crippen molar-refractivity contribution in [1.82, 2.24) is 0 Å². The van der Waals surface area contributed by atoms with Gasteiger partial charge in [-0.25, -0.2) is 0 Å². The van der Waals surface area contributed by atoms with E-state index in [0.717, 1.165) is 12.7 Å². The largest absolute Gasteiger partial charge is 0.303 e. The maximum Gasteiger partial charge on any atom is 0.120 e. The van der Waals surface area contributed by atoms with Crippen LogP contribution in [-0.4, -0.2) is 6.29 Å². The number of rotatable bonds is 9. The summed E-state index contributed by atoms with van der Waals surface area (Å²) in [6.45, 7) is 2.24. The molecule has 1 atom stereocenters. The van der Waals surface area contributed by atoms with Crippen LogP contribution in [0.25, 0.3) is 0 Å². The van der Waals surface area contributed by atoms with Crippen LogP contribution in [0.1, 0.15) is 63.4 Å². The van der Waals surface area contributed by atoms with E-state index in [2.05, 4.69) is 37.3 Å². The van der Waals surface area contributed by atoms with Crippen molar-refractivity contribution < 1.29 is 4.79 Å². The maximum atomic E-state index is 10.5. The molecule has 1 aromatic carbocycles. The van der Waals surface area contributed by atoms with Crippen LogP contribution in [0.3, 0.4) is 0 Å². The van der Waals surface area contributed by atoms with Gasteiger partial charge in [-0.3, -0.25) is 0 Å². The second kappa shape index (κ2) is 8.98. The van der Waals surface area contributed by atoms with Gasteiger partial charge in [0.05, 0.1) is 0 Å². The molecule has 0 saturated carbocycles. The zero-order chi connectivity index (χ0) is 12.3. The number of unbranched alkanes of at least 4 members (excludes halogenated alkanes) is 3. The Morgan fingerprint density at radius 3 is 2.47 bits per heavy atom. The number of hydrogen-bond acceptors (Lipinski definition) is 1. The summed E-state index contributed by atoms with van der Waals surface area (Å²) in [7, 11) is 0. The van der Waals surface area contributed by atoms with Gasteiger partial charge in [-0.1, -0.05) is 62.9 Å². The highest BCUT2D eigenvalue weighted by Gasteiger charge is 2.10. The Balaban J connectivity index is 2.45. The van der Waals surface area contributed by atoms with Gasteiger partial charge >= 0.3 is 0 Å². The predicted molar refractivity (Wildman–Crippen MR) is 73.2 cm³/mol. The van der Waals surface area contributed by atoms with Crippen LogP contribution in [-0.2, 0) is 4.79 Å². The van der Waals surface area contributed by atoms with E-state index in [1.165, 1.54) is 37.7 Å². The summed E-state index contributed by atoms with van der Waals surface area (Å²) in [5.41, 5.74) is 1.39. The van der Waals surface area contributed by atoms with E-state index < -0.39 is 0 Å². The molecule has 0 fully saturated rings. The van der Waals surface area contributed by atoms with Gasteiger partial charge in [-0.15, -0.1) is 0 Å². The number of aldehydes is 1. The van der Waals surface area contributed by atoms with Gasteiger partial charge in [0.2, 0.25) is 0 Å². The molecule has 0 aromatic heterocycles. The van der Waals surface area contributed by atoms with Crippen molar-refractivity contribution in [1.29, 1.82) is 0 Å². The van der Waals surface area contributed by atoms with Crippen molar-refractivity contribution in [2.45, 2.75) is 57.8 Å². The smallest absolute Gasteiger partial charge is 0.120 e. The first-order chi connectivity index (χ1) is 8.38. The number of carbonyl (C=O) groups excluding carboxylic acids is 1. The second-order valence-corrected chi connectivity index (χ2v) is 4.70. The van der Waals surface area contributed by atoms with Crippen molar-refractivity contribution in [3.63, 3.8) is 0 Å². The van der Waals surface area contributed by atoms with Gasteiger partial charge in [-0.2, -0.15) is 0 Å². The van der Waals surface area contributed by atoms with E-state index in [4.69, 9.17) is 0 Å². The van der Waals surface area contributed by atoms with E-state index in [1.54, 1.807) is 0 Å². The molecule has 1 unspecified atom stereocenters. The SMILES string of the molecule is CCCCCCC(CCC=O)c1ccccc1. The van der Waals surface area contributed by atoms with E-state index in [0.29, 0.717) is 12.3 Å². The summed E-state index contributed by atoms with van der Waals surface area (Å²) in [5.74, 6) is 0.568. The Morgan fingerprint density at radius 2 is 1.82 bits per heavy atom. The van der Waals surface area contributed by atoms with Gasteiger partial charge in [0.25, 0.3) is 0 Å². The molecule has 0 saturated heterocycles. The number of hydrogen-bond donors (Lipinski definition) is 0. The highest BCUT2D eigenvalue weighted by molar-refractivity contribution is 5.49. The highest BCUT2D eigenvalue weighted by Crippen LogP contribution is 2.26. The lowest BCUT2D eigenvalue weighted by atomic mass is 9.89. The minimum Gasteiger partial charge on any atom is -0.303 e. The highest BCUT2D eigenvalue weighted by atomic mass is 16.1. The average molecular weight is 232 g/mol. The zero-order valence-electron chi connectivity index (χ0n) is 10.9. The van der Waals surface area contributed by atoms with Gasteiger partial charge in [-0.05, 0) is 24.3 Å². The summed E-state index contributed by atoms with van der Waals surface area (Å²) < 4.78 is 0. The summed E-state index contributed by atoms with van der Waals surface area (Å²) in [6, 6.07) is 10.6. The van der Waals surface area contributed by atoms with Gasteiger partial charge in [0, 0.05) is 6.42 Å². The Labute approximate surface area is 105 Å². The minimum absolute atomic E-state index is 0.568. The molecule has 1 heteroatoms. The summed E-state index contributed by atoms with van der Waals surface area (Å²) in [4.78, 5) is 10.5. The monoisotopic (exact) mass is 232 g/mol. The van der Waals surface area contributed by atoms with E-state index in [1.807, 2.05) is 0 Å². The second-order valence-electron chi connectivity index (χ2n) is 4.70. The summed E-state index contributed by atoms with van der Waals surface area (Å²) in [5, 5.41) is 0. The van der Waals surface area contributed by atoms with Gasteiger partial charge in [0.1, 0.15) is 6.29 Å². The van der Waals surface area contributed by atoms with Crippen LogP contribution in [0.15, 0.2) is 30.3 Å². The molecule has 0 aliphatic heterocycles. The normalized spacial score (nSPS) is 12.3. The van der Waals surface area contributed by atoms with E-state index in [-0.39, 0.29) is 0 Å². The predicted octanol–water partition coefficient (Wildman–Crippen LogP) is 4.72. The molecule has 0 bridgehead atoms. The lowest BCUT2D eigenvalue weighted by Gasteiger charge is -2.16. The topological polar surface area (TPSA) is 17.1 Å². The first-order valence-electron chi connectivity index (χ1n) is 6.87. The van der Waals surface area contributed by atoms with Crippen LogP contribution in [0.5, 0.6) is 0 Å². The molecule has 0 spiro atoms. The molecular formula is C16H24O. The average Bonchev–Trinajstić information content (AvgIpc) is 2.39. The maximum absolute atomic E-state index is 10.5. The van der Waals surface area contributed by atoms with Crippen LogP contribution in [0, 0.1) is 0 Å². The molecule has 0 heterocycles.